The highest BCUT2D eigenvalue weighted by Crippen LogP contribution is 2.51. The van der Waals surface area contributed by atoms with E-state index in [1.54, 1.807) is 0 Å². The van der Waals surface area contributed by atoms with Gasteiger partial charge in [0.1, 0.15) is 17.0 Å². The molecule has 0 amide bonds. The Balaban J connectivity index is 1.68. The molecule has 5 nitrogen and oxygen atoms in total. The number of nitrogens with one attached hydrogen (secondary N) is 1. The Bertz CT molecular complexity index is 1140. The number of hydrogen-bond acceptors (Lipinski definition) is 4. The van der Waals surface area contributed by atoms with Gasteiger partial charge < -0.3 is 15.0 Å². The number of anilines is 2. The third-order valence-electron chi connectivity index (χ3n) is 6.10. The fourth-order valence-electron chi connectivity index (χ4n) is 4.56. The molecule has 0 saturated heterocycles. The van der Waals surface area contributed by atoms with Crippen molar-refractivity contribution >= 4 is 28.4 Å². The lowest BCUT2D eigenvalue weighted by Crippen LogP contribution is -2.28. The summed E-state index contributed by atoms with van der Waals surface area (Å²) < 4.78 is 8.53. The standard InChI is InChI=1S/C25H30N4O/c1-5-6-13-26-14-15-29-20-16-21-18(11-12-25(2,3)30-21)24-22(20)23(27-29)17-9-7-8-10-19(17)28(24)4/h7-12,16,26H,5-6,13-15H2,1-4H3. The first kappa shape index (κ1) is 19.2. The smallest absolute Gasteiger partial charge is 0.132 e. The van der Waals surface area contributed by atoms with Crippen LogP contribution in [0, 0.1) is 0 Å². The van der Waals surface area contributed by atoms with Gasteiger partial charge in [0.25, 0.3) is 0 Å². The lowest BCUT2D eigenvalue weighted by Gasteiger charge is -2.33. The zero-order valence-corrected chi connectivity index (χ0v) is 18.3. The summed E-state index contributed by atoms with van der Waals surface area (Å²) in [6, 6.07) is 10.7. The van der Waals surface area contributed by atoms with Gasteiger partial charge in [0, 0.05) is 30.8 Å². The lowest BCUT2D eigenvalue weighted by molar-refractivity contribution is 0.159. The van der Waals surface area contributed by atoms with Gasteiger partial charge in [-0.25, -0.2) is 0 Å². The first-order valence-electron chi connectivity index (χ1n) is 11.0. The molecule has 2 aliphatic rings. The largest absolute Gasteiger partial charge is 0.483 e. The van der Waals surface area contributed by atoms with Crippen molar-refractivity contribution < 1.29 is 4.74 Å². The van der Waals surface area contributed by atoms with Crippen LogP contribution in [0.3, 0.4) is 0 Å². The fraction of sp³-hybridized carbons (Fsp3) is 0.400. The van der Waals surface area contributed by atoms with Crippen LogP contribution >= 0.6 is 0 Å². The molecule has 0 aliphatic carbocycles. The summed E-state index contributed by atoms with van der Waals surface area (Å²) in [6.07, 6.45) is 6.77. The highest BCUT2D eigenvalue weighted by Gasteiger charge is 2.32. The van der Waals surface area contributed by atoms with E-state index in [1.807, 2.05) is 0 Å². The molecular formula is C25H30N4O. The van der Waals surface area contributed by atoms with Crippen LogP contribution in [0.15, 0.2) is 36.4 Å². The molecule has 1 N–H and O–H groups in total. The second-order valence-electron chi connectivity index (χ2n) is 8.82. The van der Waals surface area contributed by atoms with Gasteiger partial charge in [-0.1, -0.05) is 31.5 Å². The van der Waals surface area contributed by atoms with Crippen molar-refractivity contribution in [1.29, 1.82) is 0 Å². The first-order chi connectivity index (χ1) is 14.5. The van der Waals surface area contributed by atoms with Gasteiger partial charge in [0.15, 0.2) is 0 Å². The average molecular weight is 403 g/mol. The van der Waals surface area contributed by atoms with E-state index in [1.165, 1.54) is 35.2 Å². The minimum absolute atomic E-state index is 0.312. The normalized spacial score (nSPS) is 15.8. The number of fused-ring (bicyclic) bond motifs is 4. The van der Waals surface area contributed by atoms with E-state index in [-0.39, 0.29) is 5.60 Å². The van der Waals surface area contributed by atoms with Gasteiger partial charge in [-0.05, 0) is 45.0 Å². The van der Waals surface area contributed by atoms with Crippen LogP contribution in [0.2, 0.25) is 0 Å². The molecule has 3 aromatic rings. The van der Waals surface area contributed by atoms with E-state index in [0.29, 0.717) is 0 Å². The summed E-state index contributed by atoms with van der Waals surface area (Å²) in [5.74, 6) is 0.933. The monoisotopic (exact) mass is 402 g/mol. The highest BCUT2D eigenvalue weighted by atomic mass is 16.5. The summed E-state index contributed by atoms with van der Waals surface area (Å²) in [6.45, 7) is 9.22. The van der Waals surface area contributed by atoms with Crippen LogP contribution in [0.25, 0.3) is 28.2 Å². The second-order valence-corrected chi connectivity index (χ2v) is 8.82. The molecule has 5 heteroatoms. The molecule has 0 atom stereocenters. The van der Waals surface area contributed by atoms with Gasteiger partial charge in [-0.15, -0.1) is 0 Å². The van der Waals surface area contributed by atoms with E-state index in [2.05, 4.69) is 85.2 Å². The summed E-state index contributed by atoms with van der Waals surface area (Å²) in [7, 11) is 2.15. The topological polar surface area (TPSA) is 42.3 Å². The van der Waals surface area contributed by atoms with Crippen LogP contribution in [0.4, 0.5) is 11.4 Å². The van der Waals surface area contributed by atoms with Crippen molar-refractivity contribution in [1.82, 2.24) is 15.1 Å². The number of benzene rings is 2. The second kappa shape index (κ2) is 7.17. The van der Waals surface area contributed by atoms with Gasteiger partial charge in [0.05, 0.1) is 28.8 Å². The zero-order valence-electron chi connectivity index (χ0n) is 18.3. The minimum atomic E-state index is -0.312. The number of rotatable bonds is 6. The fourth-order valence-corrected chi connectivity index (χ4v) is 4.56. The average Bonchev–Trinajstić information content (AvgIpc) is 3.08. The number of aromatic nitrogens is 2. The molecule has 0 radical (unpaired) electrons. The van der Waals surface area contributed by atoms with Crippen LogP contribution in [-0.4, -0.2) is 35.5 Å². The predicted octanol–water partition coefficient (Wildman–Crippen LogP) is 5.36. The molecule has 0 spiro atoms. The summed E-state index contributed by atoms with van der Waals surface area (Å²) >= 11 is 0. The summed E-state index contributed by atoms with van der Waals surface area (Å²) in [5, 5.41) is 9.86. The molecule has 2 aromatic carbocycles. The molecule has 3 heterocycles. The Morgan fingerprint density at radius 3 is 2.83 bits per heavy atom. The Morgan fingerprint density at radius 1 is 1.17 bits per heavy atom. The van der Waals surface area contributed by atoms with Gasteiger partial charge in [-0.2, -0.15) is 5.10 Å². The van der Waals surface area contributed by atoms with Crippen LogP contribution in [0.5, 0.6) is 5.75 Å². The third kappa shape index (κ3) is 3.00. The molecule has 0 unspecified atom stereocenters. The zero-order chi connectivity index (χ0) is 20.9. The third-order valence-corrected chi connectivity index (χ3v) is 6.10. The van der Waals surface area contributed by atoms with Crippen molar-refractivity contribution in [3.63, 3.8) is 0 Å². The highest BCUT2D eigenvalue weighted by molar-refractivity contribution is 6.13. The predicted molar refractivity (Wildman–Crippen MR) is 125 cm³/mol. The van der Waals surface area contributed by atoms with Gasteiger partial charge in [0.2, 0.25) is 0 Å². The number of unbranched alkanes of at least 4 members (excludes halogenated alkanes) is 1. The van der Waals surface area contributed by atoms with E-state index in [4.69, 9.17) is 9.84 Å². The SMILES string of the molecule is CCCCNCCn1nc2c3c(c4c(cc31)OC(C)(C)C=C4)N(C)c1ccccc1-2. The molecule has 5 rings (SSSR count). The van der Waals surface area contributed by atoms with Crippen molar-refractivity contribution in [2.75, 3.05) is 25.0 Å². The summed E-state index contributed by atoms with van der Waals surface area (Å²) in [5.41, 5.74) is 6.61. The molecule has 156 valence electrons. The van der Waals surface area contributed by atoms with Crippen molar-refractivity contribution in [3.05, 3.63) is 42.0 Å². The van der Waals surface area contributed by atoms with Crippen LogP contribution in [-0.2, 0) is 6.54 Å². The Morgan fingerprint density at radius 2 is 2.00 bits per heavy atom. The molecule has 0 bridgehead atoms. The number of hydrogen-bond donors (Lipinski definition) is 1. The Hall–Kier alpha value is -2.79. The van der Waals surface area contributed by atoms with Crippen LogP contribution < -0.4 is 15.0 Å². The number of nitrogens with zero attached hydrogens (tertiary/aromatic N) is 3. The minimum Gasteiger partial charge on any atom is -0.483 e. The molecule has 30 heavy (non-hydrogen) atoms. The molecule has 1 aromatic heterocycles. The first-order valence-corrected chi connectivity index (χ1v) is 11.0. The number of para-hydroxylation sites is 1. The van der Waals surface area contributed by atoms with Gasteiger partial charge >= 0.3 is 0 Å². The maximum absolute atomic E-state index is 6.38. The van der Waals surface area contributed by atoms with Gasteiger partial charge in [-0.3, -0.25) is 4.68 Å². The Kier molecular flexibility index (Phi) is 4.58. The van der Waals surface area contributed by atoms with E-state index in [9.17, 15) is 0 Å². The van der Waals surface area contributed by atoms with Crippen LogP contribution in [0.1, 0.15) is 39.2 Å². The maximum atomic E-state index is 6.38. The van der Waals surface area contributed by atoms with Crippen molar-refractivity contribution in [2.24, 2.45) is 0 Å². The van der Waals surface area contributed by atoms with E-state index < -0.39 is 0 Å². The number of ether oxygens (including phenoxy) is 1. The molecule has 0 saturated carbocycles. The molecule has 2 aliphatic heterocycles. The quantitative estimate of drug-likeness (QED) is 0.564. The van der Waals surface area contributed by atoms with E-state index in [0.717, 1.165) is 42.2 Å². The lowest BCUT2D eigenvalue weighted by atomic mass is 9.93. The maximum Gasteiger partial charge on any atom is 0.132 e. The molecule has 0 fully saturated rings. The van der Waals surface area contributed by atoms with Crippen molar-refractivity contribution in [2.45, 2.75) is 45.8 Å². The van der Waals surface area contributed by atoms with Crippen molar-refractivity contribution in [3.8, 4) is 17.0 Å². The molecular weight excluding hydrogens is 372 g/mol. The van der Waals surface area contributed by atoms with E-state index >= 15 is 0 Å². The Labute approximate surface area is 178 Å². The summed E-state index contributed by atoms with van der Waals surface area (Å²) in [4.78, 5) is 2.29.